The Balaban J connectivity index is 3.02. The zero-order valence-electron chi connectivity index (χ0n) is 16.4. The molecule has 164 valence electrons. The van der Waals surface area contributed by atoms with Gasteiger partial charge in [-0.05, 0) is 6.26 Å². The van der Waals surface area contributed by atoms with Crippen LogP contribution in [0.3, 0.4) is 0 Å². The van der Waals surface area contributed by atoms with Gasteiger partial charge in [-0.3, -0.25) is 0 Å². The highest BCUT2D eigenvalue weighted by molar-refractivity contribution is 7.98. The summed E-state index contributed by atoms with van der Waals surface area (Å²) in [6.07, 6.45) is 2.05. The van der Waals surface area contributed by atoms with E-state index in [2.05, 4.69) is 10.8 Å². The van der Waals surface area contributed by atoms with Gasteiger partial charge in [-0.2, -0.15) is 11.8 Å². The molecule has 0 fully saturated rings. The van der Waals surface area contributed by atoms with Crippen LogP contribution in [-0.4, -0.2) is 105 Å². The van der Waals surface area contributed by atoms with Crippen molar-refractivity contribution < 1.29 is 42.4 Å². The first-order valence-corrected chi connectivity index (χ1v) is 12.3. The van der Waals surface area contributed by atoms with Crippen LogP contribution in [-0.2, 0) is 37.5 Å². The van der Waals surface area contributed by atoms with Crippen LogP contribution in [0.15, 0.2) is 0 Å². The standard InChI is InChI=1S/C16H35O9PS/c1-26(17,18)25-14-13-23-10-9-21-6-5-19-3-4-20-7-8-22-11-12-24-15-16-27-2/h3-16H2,1-2H3,(H,17,18)/p-1. The lowest BCUT2D eigenvalue weighted by Crippen LogP contribution is -2.14. The molecule has 0 saturated heterocycles. The molecule has 0 aliphatic heterocycles. The predicted octanol–water partition coefficient (Wildman–Crippen LogP) is 0.649. The second kappa shape index (κ2) is 21.0. The van der Waals surface area contributed by atoms with E-state index < -0.39 is 7.60 Å². The molecule has 0 saturated carbocycles. The van der Waals surface area contributed by atoms with Crippen molar-refractivity contribution >= 4 is 19.4 Å². The minimum atomic E-state index is -3.66. The van der Waals surface area contributed by atoms with Crippen molar-refractivity contribution in [3.8, 4) is 0 Å². The Kier molecular flexibility index (Phi) is 21.2. The third-order valence-electron chi connectivity index (χ3n) is 2.85. The van der Waals surface area contributed by atoms with Crippen molar-refractivity contribution in [3.63, 3.8) is 0 Å². The van der Waals surface area contributed by atoms with E-state index in [1.165, 1.54) is 0 Å². The summed E-state index contributed by atoms with van der Waals surface area (Å²) < 4.78 is 47.2. The van der Waals surface area contributed by atoms with E-state index in [0.29, 0.717) is 66.1 Å². The van der Waals surface area contributed by atoms with E-state index in [0.717, 1.165) is 19.0 Å². The molecule has 0 bridgehead atoms. The lowest BCUT2D eigenvalue weighted by Gasteiger charge is -2.17. The van der Waals surface area contributed by atoms with Gasteiger partial charge in [0.1, 0.15) is 7.60 Å². The van der Waals surface area contributed by atoms with Crippen molar-refractivity contribution in [2.45, 2.75) is 0 Å². The average molecular weight is 433 g/mol. The normalized spacial score (nSPS) is 13.7. The third-order valence-corrected chi connectivity index (χ3v) is 4.07. The van der Waals surface area contributed by atoms with Gasteiger partial charge in [0.15, 0.2) is 0 Å². The fourth-order valence-corrected chi connectivity index (χ4v) is 2.30. The summed E-state index contributed by atoms with van der Waals surface area (Å²) in [5, 5.41) is 0. The van der Waals surface area contributed by atoms with Crippen LogP contribution in [0.25, 0.3) is 0 Å². The third kappa shape index (κ3) is 26.3. The monoisotopic (exact) mass is 433 g/mol. The molecule has 0 heterocycles. The molecule has 11 heteroatoms. The first-order valence-electron chi connectivity index (χ1n) is 8.94. The first-order chi connectivity index (χ1) is 13.1. The molecule has 0 aromatic carbocycles. The van der Waals surface area contributed by atoms with Crippen molar-refractivity contribution in [1.82, 2.24) is 0 Å². The molecule has 1 unspecified atom stereocenters. The maximum absolute atomic E-state index is 10.7. The predicted molar refractivity (Wildman–Crippen MR) is 103 cm³/mol. The van der Waals surface area contributed by atoms with Gasteiger partial charge >= 0.3 is 0 Å². The van der Waals surface area contributed by atoms with Crippen LogP contribution in [0.2, 0.25) is 0 Å². The zero-order valence-corrected chi connectivity index (χ0v) is 18.1. The molecule has 0 rings (SSSR count). The second-order valence-electron chi connectivity index (χ2n) is 5.27. The Bertz CT molecular complexity index is 344. The van der Waals surface area contributed by atoms with E-state index in [1.54, 1.807) is 11.8 Å². The molecule has 0 N–H and O–H groups in total. The molecule has 0 aliphatic rings. The molecular formula is C16H34O9PS-. The van der Waals surface area contributed by atoms with Gasteiger partial charge < -0.3 is 42.4 Å². The zero-order chi connectivity index (χ0) is 20.1. The smallest absolute Gasteiger partial charge is 0.131 e. The second-order valence-corrected chi connectivity index (χ2v) is 8.06. The Morgan fingerprint density at radius 1 is 0.630 bits per heavy atom. The molecule has 0 aromatic rings. The van der Waals surface area contributed by atoms with Crippen LogP contribution in [0.4, 0.5) is 0 Å². The highest BCUT2D eigenvalue weighted by atomic mass is 32.2. The lowest BCUT2D eigenvalue weighted by molar-refractivity contribution is -0.197. The van der Waals surface area contributed by atoms with Gasteiger partial charge in [-0.25, -0.2) is 0 Å². The van der Waals surface area contributed by atoms with E-state index >= 15 is 0 Å². The van der Waals surface area contributed by atoms with Crippen molar-refractivity contribution in [3.05, 3.63) is 0 Å². The summed E-state index contributed by atoms with van der Waals surface area (Å²) in [6, 6.07) is 0. The topological polar surface area (TPSA) is 105 Å². The SMILES string of the molecule is CSCCOCCOCCOCCOCCOCCOCCOP(C)(=O)[O-]. The molecule has 1 atom stereocenters. The number of thioether (sulfide) groups is 1. The quantitative estimate of drug-likeness (QED) is 0.178. The fourth-order valence-electron chi connectivity index (χ4n) is 1.61. The summed E-state index contributed by atoms with van der Waals surface area (Å²) in [7, 11) is -3.66. The average Bonchev–Trinajstić information content (AvgIpc) is 2.62. The maximum atomic E-state index is 10.7. The van der Waals surface area contributed by atoms with Crippen molar-refractivity contribution in [1.29, 1.82) is 0 Å². The highest BCUT2D eigenvalue weighted by Crippen LogP contribution is 2.30. The van der Waals surface area contributed by atoms with Crippen LogP contribution in [0.5, 0.6) is 0 Å². The molecule has 0 aliphatic carbocycles. The molecule has 0 radical (unpaired) electrons. The summed E-state index contributed by atoms with van der Waals surface area (Å²) in [6.45, 7) is 7.05. The molecule has 0 aromatic heterocycles. The van der Waals surface area contributed by atoms with E-state index in [-0.39, 0.29) is 13.2 Å². The van der Waals surface area contributed by atoms with Gasteiger partial charge in [0, 0.05) is 12.4 Å². The summed E-state index contributed by atoms with van der Waals surface area (Å²) >= 11 is 1.76. The first kappa shape index (κ1) is 27.3. The Labute approximate surface area is 166 Å². The molecule has 0 spiro atoms. The minimum absolute atomic E-state index is 0.0252. The van der Waals surface area contributed by atoms with E-state index in [1.807, 2.05) is 0 Å². The van der Waals surface area contributed by atoms with E-state index in [9.17, 15) is 9.46 Å². The Hall–Kier alpha value is 0.260. The number of hydrogen-bond donors (Lipinski definition) is 0. The number of rotatable bonds is 22. The molecule has 27 heavy (non-hydrogen) atoms. The number of ether oxygens (including phenoxy) is 6. The van der Waals surface area contributed by atoms with Crippen LogP contribution >= 0.6 is 19.4 Å². The fraction of sp³-hybridized carbons (Fsp3) is 1.00. The molecular weight excluding hydrogens is 399 g/mol. The van der Waals surface area contributed by atoms with Gasteiger partial charge in [-0.15, -0.1) is 0 Å². The minimum Gasteiger partial charge on any atom is -0.779 e. The highest BCUT2D eigenvalue weighted by Gasteiger charge is 1.98. The van der Waals surface area contributed by atoms with Crippen LogP contribution in [0.1, 0.15) is 0 Å². The maximum Gasteiger partial charge on any atom is 0.131 e. The lowest BCUT2D eigenvalue weighted by atomic mass is 10.7. The summed E-state index contributed by atoms with van der Waals surface area (Å²) in [4.78, 5) is 10.7. The Morgan fingerprint density at radius 3 is 1.22 bits per heavy atom. The van der Waals surface area contributed by atoms with Gasteiger partial charge in [0.05, 0.1) is 85.9 Å². The van der Waals surface area contributed by atoms with Gasteiger partial charge in [0.2, 0.25) is 0 Å². The van der Waals surface area contributed by atoms with Crippen LogP contribution in [0, 0.1) is 0 Å². The van der Waals surface area contributed by atoms with E-state index in [4.69, 9.17) is 28.4 Å². The Morgan fingerprint density at radius 2 is 0.926 bits per heavy atom. The van der Waals surface area contributed by atoms with Crippen LogP contribution < -0.4 is 4.89 Å². The summed E-state index contributed by atoms with van der Waals surface area (Å²) in [5.41, 5.74) is 0. The molecule has 0 amide bonds. The van der Waals surface area contributed by atoms with Gasteiger partial charge in [0.25, 0.3) is 0 Å². The largest absolute Gasteiger partial charge is 0.779 e. The van der Waals surface area contributed by atoms with Crippen molar-refractivity contribution in [2.75, 3.05) is 105 Å². The number of hydrogen-bond acceptors (Lipinski definition) is 10. The van der Waals surface area contributed by atoms with Gasteiger partial charge in [-0.1, -0.05) is 0 Å². The summed E-state index contributed by atoms with van der Waals surface area (Å²) in [5.74, 6) is 1.00. The van der Waals surface area contributed by atoms with Crippen molar-refractivity contribution in [2.24, 2.45) is 0 Å². The molecule has 9 nitrogen and oxygen atoms in total.